The van der Waals surface area contributed by atoms with Crippen LogP contribution in [0.5, 0.6) is 5.88 Å². The molecule has 0 saturated carbocycles. The van der Waals surface area contributed by atoms with Crippen molar-refractivity contribution in [3.63, 3.8) is 0 Å². The molecule has 2 rings (SSSR count). The number of halogens is 2. The molecule has 0 saturated heterocycles. The molecule has 1 aromatic heterocycles. The molecule has 0 radical (unpaired) electrons. The number of anilines is 3. The van der Waals surface area contributed by atoms with Crippen LogP contribution in [0.25, 0.3) is 0 Å². The maximum atomic E-state index is 5.91. The molecule has 3 N–H and O–H groups in total. The highest BCUT2D eigenvalue weighted by atomic mass is 79.9. The van der Waals surface area contributed by atoms with Crippen molar-refractivity contribution in [3.05, 3.63) is 39.8 Å². The van der Waals surface area contributed by atoms with Gasteiger partial charge < -0.3 is 15.8 Å². The van der Waals surface area contributed by atoms with Crippen LogP contribution < -0.4 is 15.8 Å². The summed E-state index contributed by atoms with van der Waals surface area (Å²) in [6.45, 7) is 3.86. The van der Waals surface area contributed by atoms with E-state index in [4.69, 9.17) is 22.1 Å². The lowest BCUT2D eigenvalue weighted by molar-refractivity contribution is 0.234. The van der Waals surface area contributed by atoms with Gasteiger partial charge in [-0.2, -0.15) is 4.98 Å². The number of nitrogen functional groups attached to an aromatic ring is 1. The Morgan fingerprint density at radius 2 is 2.05 bits per heavy atom. The SMILES string of the molecule is CC(C)Oc1nc(Nc2ccc(Cl)cc2Br)ccc1N. The Bertz CT molecular complexity index is 619. The fourth-order valence-corrected chi connectivity index (χ4v) is 2.35. The van der Waals surface area contributed by atoms with Crippen LogP contribution >= 0.6 is 27.5 Å². The van der Waals surface area contributed by atoms with Crippen LogP contribution in [0.3, 0.4) is 0 Å². The van der Waals surface area contributed by atoms with E-state index in [0.29, 0.717) is 22.4 Å². The quantitative estimate of drug-likeness (QED) is 0.840. The molecular formula is C14H15BrClN3O. The van der Waals surface area contributed by atoms with Gasteiger partial charge in [0, 0.05) is 9.50 Å². The van der Waals surface area contributed by atoms with Gasteiger partial charge in [-0.15, -0.1) is 0 Å². The smallest absolute Gasteiger partial charge is 0.239 e. The fraction of sp³-hybridized carbons (Fsp3) is 0.214. The first-order chi connectivity index (χ1) is 9.45. The second kappa shape index (κ2) is 6.33. The van der Waals surface area contributed by atoms with Gasteiger partial charge >= 0.3 is 0 Å². The number of pyridine rings is 1. The van der Waals surface area contributed by atoms with Gasteiger partial charge in [-0.25, -0.2) is 0 Å². The normalized spacial score (nSPS) is 10.7. The number of hydrogen-bond donors (Lipinski definition) is 2. The molecule has 0 unspecified atom stereocenters. The van der Waals surface area contributed by atoms with Crippen molar-refractivity contribution in [2.45, 2.75) is 20.0 Å². The first kappa shape index (κ1) is 14.9. The van der Waals surface area contributed by atoms with E-state index in [2.05, 4.69) is 26.2 Å². The lowest BCUT2D eigenvalue weighted by Gasteiger charge is -2.13. The minimum atomic E-state index is 0.0160. The topological polar surface area (TPSA) is 60.2 Å². The van der Waals surface area contributed by atoms with E-state index in [9.17, 15) is 0 Å². The fourth-order valence-electron chi connectivity index (χ4n) is 1.57. The van der Waals surface area contributed by atoms with Crippen LogP contribution in [-0.4, -0.2) is 11.1 Å². The third-order valence-electron chi connectivity index (χ3n) is 2.43. The van der Waals surface area contributed by atoms with Crippen LogP contribution in [0.1, 0.15) is 13.8 Å². The lowest BCUT2D eigenvalue weighted by atomic mass is 10.3. The van der Waals surface area contributed by atoms with Gasteiger partial charge in [-0.1, -0.05) is 11.6 Å². The van der Waals surface area contributed by atoms with Gasteiger partial charge in [0.15, 0.2) is 0 Å². The first-order valence-corrected chi connectivity index (χ1v) is 7.28. The summed E-state index contributed by atoms with van der Waals surface area (Å²) >= 11 is 9.36. The van der Waals surface area contributed by atoms with E-state index >= 15 is 0 Å². The van der Waals surface area contributed by atoms with Gasteiger partial charge in [-0.05, 0) is 60.1 Å². The van der Waals surface area contributed by atoms with E-state index in [0.717, 1.165) is 10.2 Å². The lowest BCUT2D eigenvalue weighted by Crippen LogP contribution is -2.09. The number of aromatic nitrogens is 1. The van der Waals surface area contributed by atoms with Crippen molar-refractivity contribution in [2.75, 3.05) is 11.1 Å². The summed E-state index contributed by atoms with van der Waals surface area (Å²) in [5.74, 6) is 1.08. The van der Waals surface area contributed by atoms with Crippen molar-refractivity contribution in [2.24, 2.45) is 0 Å². The molecule has 0 aliphatic carbocycles. The number of nitrogens with one attached hydrogen (secondary N) is 1. The molecule has 0 amide bonds. The molecule has 0 fully saturated rings. The second-order valence-corrected chi connectivity index (χ2v) is 5.80. The Morgan fingerprint density at radius 3 is 2.70 bits per heavy atom. The van der Waals surface area contributed by atoms with E-state index < -0.39 is 0 Å². The van der Waals surface area contributed by atoms with Crippen molar-refractivity contribution in [3.8, 4) is 5.88 Å². The average molecular weight is 357 g/mol. The van der Waals surface area contributed by atoms with Gasteiger partial charge in [0.25, 0.3) is 0 Å². The van der Waals surface area contributed by atoms with Gasteiger partial charge in [0.1, 0.15) is 5.82 Å². The van der Waals surface area contributed by atoms with Crippen molar-refractivity contribution >= 4 is 44.7 Å². The molecule has 2 aromatic rings. The van der Waals surface area contributed by atoms with Gasteiger partial charge in [0.2, 0.25) is 5.88 Å². The minimum absolute atomic E-state index is 0.0160. The predicted octanol–water partition coefficient (Wildman–Crippen LogP) is 4.61. The molecule has 106 valence electrons. The summed E-state index contributed by atoms with van der Waals surface area (Å²) in [7, 11) is 0. The minimum Gasteiger partial charge on any atom is -0.473 e. The van der Waals surface area contributed by atoms with Gasteiger partial charge in [-0.3, -0.25) is 0 Å². The molecule has 0 bridgehead atoms. The molecular weight excluding hydrogens is 342 g/mol. The highest BCUT2D eigenvalue weighted by molar-refractivity contribution is 9.10. The summed E-state index contributed by atoms with van der Waals surface area (Å²) in [4.78, 5) is 4.36. The van der Waals surface area contributed by atoms with Crippen molar-refractivity contribution in [1.82, 2.24) is 4.98 Å². The first-order valence-electron chi connectivity index (χ1n) is 6.11. The molecule has 0 spiro atoms. The molecule has 0 aliphatic rings. The number of ether oxygens (including phenoxy) is 1. The molecule has 6 heteroatoms. The standard InChI is InChI=1S/C14H15BrClN3O/c1-8(2)20-14-11(17)4-6-13(19-14)18-12-5-3-9(16)7-10(12)15/h3-8H,17H2,1-2H3,(H,18,19). The van der Waals surface area contributed by atoms with Crippen LogP contribution in [0, 0.1) is 0 Å². The Kier molecular flexibility index (Phi) is 4.73. The second-order valence-electron chi connectivity index (χ2n) is 4.51. The van der Waals surface area contributed by atoms with E-state index in [-0.39, 0.29) is 6.10 Å². The Morgan fingerprint density at radius 1 is 1.30 bits per heavy atom. The maximum absolute atomic E-state index is 5.91. The zero-order valence-corrected chi connectivity index (χ0v) is 13.5. The van der Waals surface area contributed by atoms with E-state index in [1.807, 2.05) is 26.0 Å². The molecule has 1 heterocycles. The molecule has 0 aliphatic heterocycles. The highest BCUT2D eigenvalue weighted by Gasteiger charge is 2.08. The highest BCUT2D eigenvalue weighted by Crippen LogP contribution is 2.29. The number of rotatable bonds is 4. The number of nitrogens with two attached hydrogens (primary N) is 1. The molecule has 1 aromatic carbocycles. The third kappa shape index (κ3) is 3.77. The van der Waals surface area contributed by atoms with Crippen LogP contribution in [0.2, 0.25) is 5.02 Å². The molecule has 4 nitrogen and oxygen atoms in total. The average Bonchev–Trinajstić information content (AvgIpc) is 2.36. The largest absolute Gasteiger partial charge is 0.473 e. The van der Waals surface area contributed by atoms with Crippen LogP contribution in [0.4, 0.5) is 17.2 Å². The number of benzene rings is 1. The Balaban J connectivity index is 2.25. The number of hydrogen-bond acceptors (Lipinski definition) is 4. The van der Waals surface area contributed by atoms with E-state index in [1.54, 1.807) is 18.2 Å². The summed E-state index contributed by atoms with van der Waals surface area (Å²) < 4.78 is 6.42. The molecule has 0 atom stereocenters. The van der Waals surface area contributed by atoms with Crippen LogP contribution in [-0.2, 0) is 0 Å². The summed E-state index contributed by atoms with van der Waals surface area (Å²) in [5, 5.41) is 3.85. The third-order valence-corrected chi connectivity index (χ3v) is 3.32. The van der Waals surface area contributed by atoms with Crippen molar-refractivity contribution in [1.29, 1.82) is 0 Å². The summed E-state index contributed by atoms with van der Waals surface area (Å²) in [6, 6.07) is 9.04. The number of nitrogens with zero attached hydrogens (tertiary/aromatic N) is 1. The predicted molar refractivity (Wildman–Crippen MR) is 86.8 cm³/mol. The van der Waals surface area contributed by atoms with Crippen LogP contribution in [0.15, 0.2) is 34.8 Å². The summed E-state index contributed by atoms with van der Waals surface area (Å²) in [6.07, 6.45) is 0.0160. The zero-order valence-electron chi connectivity index (χ0n) is 11.2. The monoisotopic (exact) mass is 355 g/mol. The zero-order chi connectivity index (χ0) is 14.7. The molecule has 20 heavy (non-hydrogen) atoms. The van der Waals surface area contributed by atoms with E-state index in [1.165, 1.54) is 0 Å². The Labute approximate surface area is 131 Å². The maximum Gasteiger partial charge on any atom is 0.239 e. The Hall–Kier alpha value is -1.46. The van der Waals surface area contributed by atoms with Crippen molar-refractivity contribution < 1.29 is 4.74 Å². The summed E-state index contributed by atoms with van der Waals surface area (Å²) in [5.41, 5.74) is 7.22. The van der Waals surface area contributed by atoms with Gasteiger partial charge in [0.05, 0.1) is 17.5 Å².